The highest BCUT2D eigenvalue weighted by Crippen LogP contribution is 2.09. The number of hydrogen-bond acceptors (Lipinski definition) is 4. The minimum Gasteiger partial charge on any atom is -0.465 e. The molecule has 2 atom stereocenters. The maximum atomic E-state index is 10.5. The molecule has 0 heterocycles. The Morgan fingerprint density at radius 1 is 1.28 bits per heavy atom. The fourth-order valence-electron chi connectivity index (χ4n) is 1.62. The number of carboxylic acid groups (broad SMARTS) is 1. The largest absolute Gasteiger partial charge is 0.465 e. The molecule has 7 nitrogen and oxygen atoms in total. The zero-order chi connectivity index (χ0) is 14.0. The van der Waals surface area contributed by atoms with Gasteiger partial charge in [0, 0.05) is 0 Å². The lowest BCUT2D eigenvalue weighted by atomic mass is 10.0. The second kappa shape index (κ2) is 9.67. The van der Waals surface area contributed by atoms with Crippen molar-refractivity contribution < 1.29 is 20.2 Å². The number of aliphatic hydroxyl groups excluding tert-OH is 1. The molecule has 1 unspecified atom stereocenters. The lowest BCUT2D eigenvalue weighted by Gasteiger charge is -2.16. The van der Waals surface area contributed by atoms with Crippen LogP contribution in [-0.2, 0) is 0 Å². The second-order valence-corrected chi connectivity index (χ2v) is 4.23. The van der Waals surface area contributed by atoms with Crippen LogP contribution in [0.1, 0.15) is 45.4 Å². The highest BCUT2D eigenvalue weighted by Gasteiger charge is 2.16. The predicted molar refractivity (Wildman–Crippen MR) is 67.0 cm³/mol. The number of unbranched alkanes of at least 4 members (excludes halogenated alkanes) is 2. The molecule has 0 aliphatic carbocycles. The fraction of sp³-hybridized carbons (Fsp3) is 0.818. The van der Waals surface area contributed by atoms with Crippen LogP contribution in [0.25, 0.3) is 0 Å². The van der Waals surface area contributed by atoms with Gasteiger partial charge in [-0.2, -0.15) is 0 Å². The maximum Gasteiger partial charge on any atom is 0.405 e. The molecule has 0 aromatic rings. The van der Waals surface area contributed by atoms with Gasteiger partial charge in [0.25, 0.3) is 0 Å². The van der Waals surface area contributed by atoms with Gasteiger partial charge in [0.1, 0.15) is 5.84 Å². The highest BCUT2D eigenvalue weighted by molar-refractivity contribution is 5.86. The van der Waals surface area contributed by atoms with Gasteiger partial charge in [0.2, 0.25) is 0 Å². The van der Waals surface area contributed by atoms with E-state index < -0.39 is 12.1 Å². The number of nitrogens with one attached hydrogen (secondary N) is 3. The highest BCUT2D eigenvalue weighted by atomic mass is 16.5. The first-order valence-corrected chi connectivity index (χ1v) is 6.17. The molecule has 0 saturated carbocycles. The van der Waals surface area contributed by atoms with E-state index in [4.69, 9.17) is 15.7 Å². The molecular weight excluding hydrogens is 238 g/mol. The number of hydrogen-bond donors (Lipinski definition) is 6. The SMILES string of the molecule is CCC(O)CCCCC[C@H](NC(=O)O)C(=N)NO. The van der Waals surface area contributed by atoms with Crippen LogP contribution in [0.5, 0.6) is 0 Å². The number of hydroxylamine groups is 1. The van der Waals surface area contributed by atoms with Gasteiger partial charge in [0.05, 0.1) is 12.1 Å². The molecule has 0 saturated heterocycles. The van der Waals surface area contributed by atoms with Crippen molar-refractivity contribution in [3.05, 3.63) is 0 Å². The van der Waals surface area contributed by atoms with Crippen molar-refractivity contribution >= 4 is 11.9 Å². The molecule has 0 fully saturated rings. The van der Waals surface area contributed by atoms with Crippen molar-refractivity contribution in [2.75, 3.05) is 0 Å². The summed E-state index contributed by atoms with van der Waals surface area (Å²) < 4.78 is 0. The van der Waals surface area contributed by atoms with Gasteiger partial charge < -0.3 is 15.5 Å². The van der Waals surface area contributed by atoms with E-state index in [1.165, 1.54) is 0 Å². The van der Waals surface area contributed by atoms with Gasteiger partial charge in [-0.25, -0.2) is 4.79 Å². The summed E-state index contributed by atoms with van der Waals surface area (Å²) in [7, 11) is 0. The molecule has 0 radical (unpaired) electrons. The summed E-state index contributed by atoms with van der Waals surface area (Å²) in [4.78, 5) is 10.5. The van der Waals surface area contributed by atoms with E-state index in [1.54, 1.807) is 5.48 Å². The van der Waals surface area contributed by atoms with Gasteiger partial charge in [-0.1, -0.05) is 26.2 Å². The third-order valence-corrected chi connectivity index (χ3v) is 2.77. The predicted octanol–water partition coefficient (Wildman–Crippen LogP) is 1.30. The van der Waals surface area contributed by atoms with Gasteiger partial charge in [-0.15, -0.1) is 0 Å². The summed E-state index contributed by atoms with van der Waals surface area (Å²) in [5.41, 5.74) is 1.66. The summed E-state index contributed by atoms with van der Waals surface area (Å²) in [6, 6.07) is -0.719. The van der Waals surface area contributed by atoms with E-state index in [-0.39, 0.29) is 11.9 Å². The third-order valence-electron chi connectivity index (χ3n) is 2.77. The Morgan fingerprint density at radius 3 is 2.39 bits per heavy atom. The lowest BCUT2D eigenvalue weighted by Crippen LogP contribution is -2.44. The third kappa shape index (κ3) is 7.86. The van der Waals surface area contributed by atoms with Crippen LogP contribution >= 0.6 is 0 Å². The number of amidine groups is 1. The first kappa shape index (κ1) is 16.7. The van der Waals surface area contributed by atoms with Crippen molar-refractivity contribution in [3.63, 3.8) is 0 Å². The van der Waals surface area contributed by atoms with Crippen LogP contribution < -0.4 is 10.8 Å². The molecule has 0 aromatic carbocycles. The molecule has 0 bridgehead atoms. The van der Waals surface area contributed by atoms with Crippen LogP contribution in [0.3, 0.4) is 0 Å². The molecule has 106 valence electrons. The zero-order valence-electron chi connectivity index (χ0n) is 10.6. The summed E-state index contributed by atoms with van der Waals surface area (Å²) >= 11 is 0. The minimum atomic E-state index is -1.22. The van der Waals surface area contributed by atoms with Crippen LogP contribution in [0, 0.1) is 5.41 Å². The molecule has 0 rings (SSSR count). The monoisotopic (exact) mass is 261 g/mol. The second-order valence-electron chi connectivity index (χ2n) is 4.23. The van der Waals surface area contributed by atoms with Gasteiger partial charge in [-0.05, 0) is 19.3 Å². The number of amides is 1. The first-order valence-electron chi connectivity index (χ1n) is 6.17. The van der Waals surface area contributed by atoms with E-state index in [0.29, 0.717) is 6.42 Å². The number of carbonyl (C=O) groups is 1. The Labute approximate surface area is 107 Å². The Kier molecular flexibility index (Phi) is 8.95. The van der Waals surface area contributed by atoms with Crippen molar-refractivity contribution in [2.24, 2.45) is 0 Å². The van der Waals surface area contributed by atoms with Crippen LogP contribution in [0.15, 0.2) is 0 Å². The normalized spacial score (nSPS) is 13.7. The van der Waals surface area contributed by atoms with E-state index >= 15 is 0 Å². The topological polar surface area (TPSA) is 126 Å². The van der Waals surface area contributed by atoms with Crippen molar-refractivity contribution in [3.8, 4) is 0 Å². The molecule has 0 aliphatic rings. The smallest absolute Gasteiger partial charge is 0.405 e. The Bertz CT molecular complexity index is 261. The number of aliphatic hydroxyl groups is 1. The molecular formula is C11H23N3O4. The minimum absolute atomic E-state index is 0.258. The van der Waals surface area contributed by atoms with Gasteiger partial charge in [-0.3, -0.25) is 16.1 Å². The molecule has 7 heteroatoms. The van der Waals surface area contributed by atoms with Crippen LogP contribution in [0.2, 0.25) is 0 Å². The maximum absolute atomic E-state index is 10.5. The molecule has 0 aliphatic heterocycles. The van der Waals surface area contributed by atoms with Gasteiger partial charge in [0.15, 0.2) is 0 Å². The van der Waals surface area contributed by atoms with Crippen molar-refractivity contribution in [1.82, 2.24) is 10.8 Å². The Morgan fingerprint density at radius 2 is 1.89 bits per heavy atom. The Balaban J connectivity index is 3.83. The van der Waals surface area contributed by atoms with Crippen LogP contribution in [-0.4, -0.2) is 39.5 Å². The lowest BCUT2D eigenvalue weighted by molar-refractivity contribution is 0.156. The van der Waals surface area contributed by atoms with Crippen LogP contribution in [0.4, 0.5) is 4.79 Å². The molecule has 1 amide bonds. The number of rotatable bonds is 9. The summed E-state index contributed by atoms with van der Waals surface area (Å²) in [6.07, 6.45) is 2.89. The molecule has 0 spiro atoms. The van der Waals surface area contributed by atoms with E-state index in [9.17, 15) is 9.90 Å². The summed E-state index contributed by atoms with van der Waals surface area (Å²) in [6.45, 7) is 1.92. The Hall–Kier alpha value is -1.34. The van der Waals surface area contributed by atoms with Crippen molar-refractivity contribution in [2.45, 2.75) is 57.6 Å². The molecule has 18 heavy (non-hydrogen) atoms. The molecule has 0 aromatic heterocycles. The van der Waals surface area contributed by atoms with Gasteiger partial charge >= 0.3 is 6.09 Å². The first-order chi connectivity index (χ1) is 8.51. The van der Waals surface area contributed by atoms with Crippen molar-refractivity contribution in [1.29, 1.82) is 5.41 Å². The van der Waals surface area contributed by atoms with E-state index in [2.05, 4.69) is 5.32 Å². The standard InChI is InChI=1S/C11H23N3O4/c1-2-8(15)6-4-3-5-7-9(10(12)14-18)13-11(16)17/h8-9,13,15,18H,2-7H2,1H3,(H2,12,14)(H,16,17)/t8?,9-/m0/s1. The van der Waals surface area contributed by atoms with E-state index in [0.717, 1.165) is 32.1 Å². The summed E-state index contributed by atoms with van der Waals surface area (Å²) in [5.74, 6) is -0.258. The average Bonchev–Trinajstić information content (AvgIpc) is 2.35. The summed E-state index contributed by atoms with van der Waals surface area (Å²) in [5, 5.41) is 36.0. The quantitative estimate of drug-likeness (QED) is 0.161. The zero-order valence-corrected chi connectivity index (χ0v) is 10.6. The molecule has 6 N–H and O–H groups in total. The average molecular weight is 261 g/mol. The fourth-order valence-corrected chi connectivity index (χ4v) is 1.62. The van der Waals surface area contributed by atoms with E-state index in [1.807, 2.05) is 6.92 Å².